The van der Waals surface area contributed by atoms with Gasteiger partial charge in [0.2, 0.25) is 0 Å². The second kappa shape index (κ2) is 6.83. The third kappa shape index (κ3) is 4.37. The SMILES string of the molecule is CC(=O)SCCC(O)C(O)c1ccc([N+](=O)[O-])s1. The number of nitro groups is 1. The lowest BCUT2D eigenvalue weighted by molar-refractivity contribution is -0.380. The van der Waals surface area contributed by atoms with Gasteiger partial charge in [-0.1, -0.05) is 23.1 Å². The Kier molecular flexibility index (Phi) is 5.73. The number of aliphatic hydroxyl groups excluding tert-OH is 2. The van der Waals surface area contributed by atoms with Crippen LogP contribution >= 0.6 is 23.1 Å². The first kappa shape index (κ1) is 15.1. The first-order valence-corrected chi connectivity index (χ1v) is 6.95. The van der Waals surface area contributed by atoms with Gasteiger partial charge in [0.05, 0.1) is 11.0 Å². The van der Waals surface area contributed by atoms with Crippen molar-refractivity contribution in [1.29, 1.82) is 0 Å². The summed E-state index contributed by atoms with van der Waals surface area (Å²) in [6, 6.07) is 2.72. The van der Waals surface area contributed by atoms with Gasteiger partial charge in [0, 0.05) is 23.6 Å². The maximum atomic E-state index is 10.7. The molecule has 1 aromatic rings. The molecule has 0 bridgehead atoms. The molecule has 2 N–H and O–H groups in total. The Hall–Kier alpha value is -0.960. The summed E-state index contributed by atoms with van der Waals surface area (Å²) in [5.74, 6) is 0.404. The highest BCUT2D eigenvalue weighted by atomic mass is 32.2. The largest absolute Gasteiger partial charge is 0.390 e. The summed E-state index contributed by atoms with van der Waals surface area (Å²) in [7, 11) is 0. The highest BCUT2D eigenvalue weighted by Gasteiger charge is 2.22. The molecule has 2 unspecified atom stereocenters. The predicted octanol–water partition coefficient (Wildman–Crippen LogP) is 1.72. The van der Waals surface area contributed by atoms with Crippen LogP contribution in [0.25, 0.3) is 0 Å². The van der Waals surface area contributed by atoms with E-state index >= 15 is 0 Å². The Labute approximate surface area is 112 Å². The minimum Gasteiger partial charge on any atom is -0.390 e. The van der Waals surface area contributed by atoms with Gasteiger partial charge in [0.1, 0.15) is 6.10 Å². The highest BCUT2D eigenvalue weighted by molar-refractivity contribution is 8.13. The topological polar surface area (TPSA) is 101 Å². The molecule has 0 radical (unpaired) electrons. The molecule has 0 saturated heterocycles. The number of hydrogen-bond acceptors (Lipinski definition) is 7. The third-order valence-corrected chi connectivity index (χ3v) is 4.12. The minimum absolute atomic E-state index is 0.0524. The molecule has 0 saturated carbocycles. The van der Waals surface area contributed by atoms with E-state index in [1.165, 1.54) is 19.1 Å². The fourth-order valence-corrected chi connectivity index (χ4v) is 2.78. The number of rotatable bonds is 6. The number of aliphatic hydroxyl groups is 2. The van der Waals surface area contributed by atoms with Crippen molar-refractivity contribution in [1.82, 2.24) is 0 Å². The van der Waals surface area contributed by atoms with Gasteiger partial charge < -0.3 is 10.2 Å². The van der Waals surface area contributed by atoms with E-state index in [-0.39, 0.29) is 16.5 Å². The summed E-state index contributed by atoms with van der Waals surface area (Å²) in [4.78, 5) is 21.0. The molecular formula is C10H13NO5S2. The van der Waals surface area contributed by atoms with Crippen LogP contribution in [-0.4, -0.2) is 32.1 Å². The van der Waals surface area contributed by atoms with Crippen LogP contribution < -0.4 is 0 Å². The first-order chi connectivity index (χ1) is 8.41. The minimum atomic E-state index is -1.16. The van der Waals surface area contributed by atoms with Crippen LogP contribution in [0.2, 0.25) is 0 Å². The second-order valence-electron chi connectivity index (χ2n) is 3.57. The molecule has 1 rings (SSSR count). The van der Waals surface area contributed by atoms with Crippen LogP contribution in [0.3, 0.4) is 0 Å². The van der Waals surface area contributed by atoms with Gasteiger partial charge in [0.25, 0.3) is 0 Å². The average Bonchev–Trinajstić information content (AvgIpc) is 2.76. The van der Waals surface area contributed by atoms with E-state index in [1.807, 2.05) is 0 Å². The zero-order valence-corrected chi connectivity index (χ0v) is 11.2. The Bertz CT molecular complexity index is 434. The summed E-state index contributed by atoms with van der Waals surface area (Å²) >= 11 is 1.90. The molecule has 0 aliphatic carbocycles. The van der Waals surface area contributed by atoms with Crippen LogP contribution in [0, 0.1) is 10.1 Å². The highest BCUT2D eigenvalue weighted by Crippen LogP contribution is 2.31. The van der Waals surface area contributed by atoms with Crippen molar-refractivity contribution in [3.8, 4) is 0 Å². The molecule has 1 heterocycles. The number of thioether (sulfide) groups is 1. The molecule has 2 atom stereocenters. The van der Waals surface area contributed by atoms with E-state index in [1.54, 1.807) is 0 Å². The van der Waals surface area contributed by atoms with Crippen LogP contribution in [0.5, 0.6) is 0 Å². The van der Waals surface area contributed by atoms with Crippen molar-refractivity contribution >= 4 is 33.2 Å². The number of carbonyl (C=O) groups is 1. The first-order valence-electron chi connectivity index (χ1n) is 5.15. The van der Waals surface area contributed by atoms with Crippen molar-refractivity contribution in [2.45, 2.75) is 25.6 Å². The number of nitrogens with zero attached hydrogens (tertiary/aromatic N) is 1. The summed E-state index contributed by atoms with van der Waals surface area (Å²) in [5, 5.41) is 29.8. The van der Waals surface area contributed by atoms with E-state index in [0.717, 1.165) is 23.1 Å². The zero-order valence-electron chi connectivity index (χ0n) is 9.61. The molecule has 100 valence electrons. The Morgan fingerprint density at radius 2 is 2.22 bits per heavy atom. The Morgan fingerprint density at radius 3 is 2.72 bits per heavy atom. The lowest BCUT2D eigenvalue weighted by Gasteiger charge is -2.15. The van der Waals surface area contributed by atoms with E-state index < -0.39 is 17.1 Å². The van der Waals surface area contributed by atoms with E-state index in [2.05, 4.69) is 0 Å². The maximum Gasteiger partial charge on any atom is 0.324 e. The third-order valence-electron chi connectivity index (χ3n) is 2.17. The van der Waals surface area contributed by atoms with Crippen LogP contribution in [-0.2, 0) is 4.79 Å². The summed E-state index contributed by atoms with van der Waals surface area (Å²) in [5.41, 5.74) is 0. The smallest absolute Gasteiger partial charge is 0.324 e. The molecule has 0 spiro atoms. The lowest BCUT2D eigenvalue weighted by Crippen LogP contribution is -2.18. The molecule has 0 fully saturated rings. The zero-order chi connectivity index (χ0) is 13.7. The standard InChI is InChI=1S/C10H13NO5S2/c1-6(12)17-5-4-7(13)10(14)8-2-3-9(18-8)11(15)16/h2-3,7,10,13-14H,4-5H2,1H3. The van der Waals surface area contributed by atoms with Gasteiger partial charge in [-0.25, -0.2) is 0 Å². The van der Waals surface area contributed by atoms with Crippen molar-refractivity contribution in [3.05, 3.63) is 27.1 Å². The van der Waals surface area contributed by atoms with Gasteiger partial charge in [-0.15, -0.1) is 0 Å². The Morgan fingerprint density at radius 1 is 1.56 bits per heavy atom. The van der Waals surface area contributed by atoms with Crippen LogP contribution in [0.15, 0.2) is 12.1 Å². The van der Waals surface area contributed by atoms with Gasteiger partial charge >= 0.3 is 5.00 Å². The molecule has 0 amide bonds. The average molecular weight is 291 g/mol. The van der Waals surface area contributed by atoms with Gasteiger partial charge in [-0.2, -0.15) is 0 Å². The number of thiophene rings is 1. The number of hydrogen-bond donors (Lipinski definition) is 2. The predicted molar refractivity (Wildman–Crippen MR) is 69.7 cm³/mol. The van der Waals surface area contributed by atoms with E-state index in [9.17, 15) is 25.1 Å². The molecule has 6 nitrogen and oxygen atoms in total. The molecule has 8 heteroatoms. The van der Waals surface area contributed by atoms with E-state index in [0.29, 0.717) is 10.6 Å². The molecule has 1 aromatic heterocycles. The lowest BCUT2D eigenvalue weighted by atomic mass is 10.1. The van der Waals surface area contributed by atoms with E-state index in [4.69, 9.17) is 0 Å². The normalized spacial score (nSPS) is 14.2. The maximum absolute atomic E-state index is 10.7. The monoisotopic (exact) mass is 291 g/mol. The van der Waals surface area contributed by atoms with Crippen molar-refractivity contribution in [2.24, 2.45) is 0 Å². The second-order valence-corrected chi connectivity index (χ2v) is 5.94. The quantitative estimate of drug-likeness (QED) is 0.611. The summed E-state index contributed by atoms with van der Waals surface area (Å²) in [6.45, 7) is 1.43. The fraction of sp³-hybridized carbons (Fsp3) is 0.500. The van der Waals surface area contributed by atoms with Gasteiger partial charge in [-0.05, 0) is 12.5 Å². The molecule has 18 heavy (non-hydrogen) atoms. The fourth-order valence-electron chi connectivity index (χ4n) is 1.27. The van der Waals surface area contributed by atoms with Gasteiger partial charge in [0.15, 0.2) is 5.12 Å². The Balaban J connectivity index is 2.53. The van der Waals surface area contributed by atoms with Crippen molar-refractivity contribution < 1.29 is 19.9 Å². The van der Waals surface area contributed by atoms with Crippen LogP contribution in [0.4, 0.5) is 5.00 Å². The molecule has 0 aliphatic rings. The molecule has 0 aliphatic heterocycles. The number of carbonyl (C=O) groups excluding carboxylic acids is 1. The van der Waals surface area contributed by atoms with Gasteiger partial charge in [-0.3, -0.25) is 14.9 Å². The summed E-state index contributed by atoms with van der Waals surface area (Å²) in [6.07, 6.45) is -1.94. The van der Waals surface area contributed by atoms with Crippen molar-refractivity contribution in [2.75, 3.05) is 5.75 Å². The van der Waals surface area contributed by atoms with Crippen LogP contribution in [0.1, 0.15) is 24.3 Å². The van der Waals surface area contributed by atoms with Crippen molar-refractivity contribution in [3.63, 3.8) is 0 Å². The summed E-state index contributed by atoms with van der Waals surface area (Å²) < 4.78 is 0. The molecule has 0 aromatic carbocycles. The molecular weight excluding hydrogens is 278 g/mol.